The van der Waals surface area contributed by atoms with Crippen molar-refractivity contribution in [3.63, 3.8) is 0 Å². The molecule has 0 aliphatic carbocycles. The Labute approximate surface area is 240 Å². The molecule has 2 heterocycles. The Morgan fingerprint density at radius 2 is 1.39 bits per heavy atom. The van der Waals surface area contributed by atoms with Gasteiger partial charge in [-0.2, -0.15) is 0 Å². The van der Waals surface area contributed by atoms with Gasteiger partial charge in [0.2, 0.25) is 5.78 Å². The third kappa shape index (κ3) is 4.66. The maximum absolute atomic E-state index is 13.5. The van der Waals surface area contributed by atoms with Crippen LogP contribution in [-0.2, 0) is 4.74 Å². The molecular formula is C33H21ClN2O5. The number of ketones is 1. The van der Waals surface area contributed by atoms with E-state index in [9.17, 15) is 19.2 Å². The number of fused-ring (bicyclic) bond motifs is 3. The highest BCUT2D eigenvalue weighted by Crippen LogP contribution is 2.34. The Morgan fingerprint density at radius 3 is 2.10 bits per heavy atom. The fraction of sp³-hybridized carbons (Fsp3) is 0.0606. The monoisotopic (exact) mass is 560 g/mol. The summed E-state index contributed by atoms with van der Waals surface area (Å²) in [7, 11) is 0. The summed E-state index contributed by atoms with van der Waals surface area (Å²) < 4.78 is 5.71. The minimum atomic E-state index is -1.21. The quantitative estimate of drug-likeness (QED) is 0.129. The van der Waals surface area contributed by atoms with Crippen molar-refractivity contribution in [3.8, 4) is 0 Å². The van der Waals surface area contributed by atoms with Gasteiger partial charge >= 0.3 is 5.97 Å². The second-order valence-electron chi connectivity index (χ2n) is 9.52. The van der Waals surface area contributed by atoms with E-state index in [4.69, 9.17) is 16.3 Å². The van der Waals surface area contributed by atoms with Crippen molar-refractivity contribution < 1.29 is 23.9 Å². The van der Waals surface area contributed by atoms with Gasteiger partial charge in [0.1, 0.15) is 0 Å². The first-order valence-electron chi connectivity index (χ1n) is 12.8. The maximum Gasteiger partial charge on any atom is 0.339 e. The average Bonchev–Trinajstić information content (AvgIpc) is 3.27. The SMILES string of the molecule is Cc1nc2ccccc2c2c1C(=O)N(c1ccc(C(=O)O[C@@H](C(=O)c3ccccc3)c3ccc(Cl)cc3)cc1)C2=O. The van der Waals surface area contributed by atoms with Gasteiger partial charge in [0, 0.05) is 21.5 Å². The molecule has 0 saturated carbocycles. The van der Waals surface area contributed by atoms with Crippen molar-refractivity contribution in [2.24, 2.45) is 0 Å². The first-order valence-corrected chi connectivity index (χ1v) is 13.1. The molecule has 0 radical (unpaired) electrons. The molecule has 1 aromatic heterocycles. The number of aryl methyl sites for hydroxylation is 1. The van der Waals surface area contributed by atoms with E-state index in [1.165, 1.54) is 24.3 Å². The number of aromatic nitrogens is 1. The summed E-state index contributed by atoms with van der Waals surface area (Å²) in [6, 6.07) is 28.1. The van der Waals surface area contributed by atoms with Crippen LogP contribution in [0.4, 0.5) is 5.69 Å². The summed E-state index contributed by atoms with van der Waals surface area (Å²) in [6.45, 7) is 1.70. The van der Waals surface area contributed by atoms with Gasteiger partial charge in [-0.1, -0.05) is 72.3 Å². The van der Waals surface area contributed by atoms with Crippen molar-refractivity contribution in [1.82, 2.24) is 4.98 Å². The predicted octanol–water partition coefficient (Wildman–Crippen LogP) is 6.78. The number of ether oxygens (including phenoxy) is 1. The van der Waals surface area contributed by atoms with E-state index in [1.54, 1.807) is 79.7 Å². The number of halogens is 1. The molecule has 0 bridgehead atoms. The van der Waals surface area contributed by atoms with Gasteiger partial charge in [-0.15, -0.1) is 0 Å². The third-order valence-electron chi connectivity index (χ3n) is 6.96. The number of amides is 2. The lowest BCUT2D eigenvalue weighted by atomic mass is 9.99. The van der Waals surface area contributed by atoms with Crippen LogP contribution in [-0.4, -0.2) is 28.6 Å². The van der Waals surface area contributed by atoms with E-state index in [0.29, 0.717) is 44.0 Å². The second-order valence-corrected chi connectivity index (χ2v) is 9.96. The summed E-state index contributed by atoms with van der Waals surface area (Å²) in [6.07, 6.45) is -1.21. The van der Waals surface area contributed by atoms with Gasteiger partial charge in [-0.05, 0) is 49.4 Å². The molecule has 0 N–H and O–H groups in total. The molecule has 7 nitrogen and oxygen atoms in total. The van der Waals surface area contributed by atoms with E-state index >= 15 is 0 Å². The highest BCUT2D eigenvalue weighted by atomic mass is 35.5. The van der Waals surface area contributed by atoms with Crippen LogP contribution in [0, 0.1) is 6.92 Å². The largest absolute Gasteiger partial charge is 0.445 e. The highest BCUT2D eigenvalue weighted by molar-refractivity contribution is 6.37. The molecule has 2 amide bonds. The van der Waals surface area contributed by atoms with Gasteiger partial charge in [-0.25, -0.2) is 9.69 Å². The molecule has 41 heavy (non-hydrogen) atoms. The molecule has 1 atom stereocenters. The minimum Gasteiger partial charge on any atom is -0.445 e. The lowest BCUT2D eigenvalue weighted by Crippen LogP contribution is -2.29. The highest BCUT2D eigenvalue weighted by Gasteiger charge is 2.40. The fourth-order valence-electron chi connectivity index (χ4n) is 4.95. The summed E-state index contributed by atoms with van der Waals surface area (Å²) in [4.78, 5) is 58.9. The topological polar surface area (TPSA) is 93.6 Å². The zero-order valence-electron chi connectivity index (χ0n) is 21.7. The molecule has 1 aliphatic rings. The number of pyridine rings is 1. The molecule has 6 rings (SSSR count). The number of esters is 1. The summed E-state index contributed by atoms with van der Waals surface area (Å²) in [5, 5.41) is 1.08. The van der Waals surface area contributed by atoms with Crippen molar-refractivity contribution >= 4 is 51.8 Å². The number of Topliss-reactive ketones (excluding diaryl/α,β-unsaturated/α-hetero) is 1. The minimum absolute atomic E-state index is 0.147. The second kappa shape index (κ2) is 10.4. The standard InChI is InChI=1S/C33H21ClN2O5/c1-19-27-28(25-9-5-6-10-26(25)35-19)32(39)36(31(27)38)24-17-13-22(14-18-24)33(40)41-30(21-11-15-23(34)16-12-21)29(37)20-7-3-2-4-8-20/h2-18,30H,1H3/t30-/m1/s1. The Hall–Kier alpha value is -5.14. The lowest BCUT2D eigenvalue weighted by Gasteiger charge is -2.18. The first-order chi connectivity index (χ1) is 19.8. The number of hydrogen-bond acceptors (Lipinski definition) is 6. The van der Waals surface area contributed by atoms with Crippen LogP contribution in [0.15, 0.2) is 103 Å². The van der Waals surface area contributed by atoms with Crippen LogP contribution < -0.4 is 4.90 Å². The molecule has 5 aromatic rings. The molecule has 0 saturated heterocycles. The van der Waals surface area contributed by atoms with Crippen LogP contribution in [0.5, 0.6) is 0 Å². The Morgan fingerprint density at radius 1 is 0.756 bits per heavy atom. The number of carbonyl (C=O) groups is 4. The number of para-hydroxylation sites is 1. The average molecular weight is 561 g/mol. The van der Waals surface area contributed by atoms with Crippen molar-refractivity contribution in [1.29, 1.82) is 0 Å². The van der Waals surface area contributed by atoms with Crippen LogP contribution >= 0.6 is 11.6 Å². The van der Waals surface area contributed by atoms with Crippen LogP contribution in [0.2, 0.25) is 5.02 Å². The molecule has 0 unspecified atom stereocenters. The smallest absolute Gasteiger partial charge is 0.339 e. The van der Waals surface area contributed by atoms with E-state index in [-0.39, 0.29) is 16.9 Å². The van der Waals surface area contributed by atoms with E-state index in [1.807, 2.05) is 6.07 Å². The molecule has 8 heteroatoms. The van der Waals surface area contributed by atoms with Crippen LogP contribution in [0.3, 0.4) is 0 Å². The van der Waals surface area contributed by atoms with Gasteiger partial charge in [0.25, 0.3) is 11.8 Å². The summed E-state index contributed by atoms with van der Waals surface area (Å²) in [5.41, 5.74) is 2.98. The number of nitrogens with zero attached hydrogens (tertiary/aromatic N) is 2. The molecular weight excluding hydrogens is 540 g/mol. The fourth-order valence-corrected chi connectivity index (χ4v) is 5.08. The number of anilines is 1. The summed E-state index contributed by atoms with van der Waals surface area (Å²) in [5.74, 6) is -2.07. The molecule has 200 valence electrons. The van der Waals surface area contributed by atoms with E-state index in [0.717, 1.165) is 4.90 Å². The molecule has 0 spiro atoms. The maximum atomic E-state index is 13.5. The lowest BCUT2D eigenvalue weighted by molar-refractivity contribution is 0.0280. The zero-order chi connectivity index (χ0) is 28.7. The number of carbonyl (C=O) groups excluding carboxylic acids is 4. The zero-order valence-corrected chi connectivity index (χ0v) is 22.5. The normalized spacial score (nSPS) is 13.3. The molecule has 4 aromatic carbocycles. The van der Waals surface area contributed by atoms with Gasteiger partial charge < -0.3 is 4.74 Å². The van der Waals surface area contributed by atoms with Gasteiger partial charge in [-0.3, -0.25) is 19.4 Å². The number of benzene rings is 4. The van der Waals surface area contributed by atoms with Crippen LogP contribution in [0.25, 0.3) is 10.9 Å². The Bertz CT molecular complexity index is 1850. The molecule has 0 fully saturated rings. The number of imide groups is 1. The number of hydrogen-bond donors (Lipinski definition) is 0. The Balaban J connectivity index is 1.28. The van der Waals surface area contributed by atoms with E-state index < -0.39 is 23.9 Å². The third-order valence-corrected chi connectivity index (χ3v) is 7.21. The molecule has 1 aliphatic heterocycles. The van der Waals surface area contributed by atoms with Gasteiger partial charge in [0.15, 0.2) is 6.10 Å². The van der Waals surface area contributed by atoms with E-state index in [2.05, 4.69) is 4.98 Å². The Kier molecular flexibility index (Phi) is 6.65. The predicted molar refractivity (Wildman–Crippen MR) is 154 cm³/mol. The van der Waals surface area contributed by atoms with Crippen molar-refractivity contribution in [2.45, 2.75) is 13.0 Å². The number of rotatable bonds is 6. The van der Waals surface area contributed by atoms with Gasteiger partial charge in [0.05, 0.1) is 33.6 Å². The van der Waals surface area contributed by atoms with Crippen molar-refractivity contribution in [3.05, 3.63) is 142 Å². The first kappa shape index (κ1) is 26.1. The van der Waals surface area contributed by atoms with Crippen LogP contribution in [0.1, 0.15) is 58.8 Å². The van der Waals surface area contributed by atoms with Crippen molar-refractivity contribution in [2.75, 3.05) is 4.90 Å². The summed E-state index contributed by atoms with van der Waals surface area (Å²) >= 11 is 6.02.